The maximum Gasteiger partial charge on any atom is 0.0379 e. The Morgan fingerprint density at radius 2 is 1.73 bits per heavy atom. The molecule has 0 bridgehead atoms. The lowest BCUT2D eigenvalue weighted by molar-refractivity contribution is 1.04. The first kappa shape index (κ1) is 7.69. The highest BCUT2D eigenvalue weighted by atomic mass is 79.9. The highest BCUT2D eigenvalue weighted by Gasteiger charge is 2.40. The van der Waals surface area contributed by atoms with Gasteiger partial charge in [-0.1, -0.05) is 28.1 Å². The SMILES string of the molecule is SC1(c2ccc(Br)cc2)CC1. The van der Waals surface area contributed by atoms with E-state index in [9.17, 15) is 0 Å². The van der Waals surface area contributed by atoms with E-state index in [2.05, 4.69) is 52.8 Å². The Balaban J connectivity index is 2.33. The summed E-state index contributed by atoms with van der Waals surface area (Å²) >= 11 is 7.98. The molecule has 1 fully saturated rings. The molecule has 0 aromatic heterocycles. The van der Waals surface area contributed by atoms with E-state index < -0.39 is 0 Å². The fraction of sp³-hybridized carbons (Fsp3) is 0.333. The molecule has 2 heteroatoms. The summed E-state index contributed by atoms with van der Waals surface area (Å²) in [7, 11) is 0. The van der Waals surface area contributed by atoms with E-state index in [0.29, 0.717) is 0 Å². The van der Waals surface area contributed by atoms with E-state index in [1.807, 2.05) is 0 Å². The molecule has 1 saturated carbocycles. The van der Waals surface area contributed by atoms with Crippen LogP contribution in [-0.2, 0) is 4.75 Å². The first-order chi connectivity index (χ1) is 5.21. The molecule has 0 radical (unpaired) electrons. The van der Waals surface area contributed by atoms with Crippen LogP contribution in [0.4, 0.5) is 0 Å². The van der Waals surface area contributed by atoms with Crippen molar-refractivity contribution in [3.05, 3.63) is 34.3 Å². The van der Waals surface area contributed by atoms with Crippen LogP contribution in [-0.4, -0.2) is 0 Å². The highest BCUT2D eigenvalue weighted by Crippen LogP contribution is 2.51. The van der Waals surface area contributed by atoms with Crippen molar-refractivity contribution in [1.29, 1.82) is 0 Å². The van der Waals surface area contributed by atoms with E-state index >= 15 is 0 Å². The van der Waals surface area contributed by atoms with Crippen molar-refractivity contribution in [2.75, 3.05) is 0 Å². The van der Waals surface area contributed by atoms with Gasteiger partial charge >= 0.3 is 0 Å². The van der Waals surface area contributed by atoms with E-state index in [4.69, 9.17) is 0 Å². The predicted octanol–water partition coefficient (Wildman–Crippen LogP) is 3.37. The van der Waals surface area contributed by atoms with Crippen LogP contribution in [0.25, 0.3) is 0 Å². The molecule has 0 N–H and O–H groups in total. The van der Waals surface area contributed by atoms with Crippen molar-refractivity contribution in [3.8, 4) is 0 Å². The van der Waals surface area contributed by atoms with Gasteiger partial charge in [0.15, 0.2) is 0 Å². The summed E-state index contributed by atoms with van der Waals surface area (Å²) in [6.07, 6.45) is 2.44. The van der Waals surface area contributed by atoms with Gasteiger partial charge in [-0.05, 0) is 30.5 Å². The molecule has 2 rings (SSSR count). The smallest absolute Gasteiger partial charge is 0.0379 e. The molecule has 1 aliphatic carbocycles. The fourth-order valence-corrected chi connectivity index (χ4v) is 1.69. The second-order valence-corrected chi connectivity index (χ2v) is 4.81. The summed E-state index contributed by atoms with van der Waals surface area (Å²) in [6.45, 7) is 0. The summed E-state index contributed by atoms with van der Waals surface area (Å²) in [5, 5.41) is 0. The molecule has 0 amide bonds. The Labute approximate surface area is 80.5 Å². The summed E-state index contributed by atoms with van der Waals surface area (Å²) in [5.74, 6) is 0. The molecule has 58 valence electrons. The molecule has 0 aliphatic heterocycles. The fourth-order valence-electron chi connectivity index (χ4n) is 1.17. The van der Waals surface area contributed by atoms with Crippen LogP contribution in [0, 0.1) is 0 Å². The zero-order valence-corrected chi connectivity index (χ0v) is 8.53. The molecule has 0 spiro atoms. The second-order valence-electron chi connectivity index (χ2n) is 3.04. The van der Waals surface area contributed by atoms with Gasteiger partial charge in [-0.25, -0.2) is 0 Å². The summed E-state index contributed by atoms with van der Waals surface area (Å²) in [6, 6.07) is 8.44. The molecule has 0 heterocycles. The van der Waals surface area contributed by atoms with Gasteiger partial charge in [-0.3, -0.25) is 0 Å². The number of hydrogen-bond acceptors (Lipinski definition) is 1. The Kier molecular flexibility index (Phi) is 1.77. The molecular formula is C9H9BrS. The quantitative estimate of drug-likeness (QED) is 0.701. The minimum atomic E-state index is 0.209. The van der Waals surface area contributed by atoms with Gasteiger partial charge in [0.1, 0.15) is 0 Å². The molecule has 0 atom stereocenters. The standard InChI is InChI=1S/C9H9BrS/c10-8-3-1-7(2-4-8)9(11)5-6-9/h1-4,11H,5-6H2. The van der Waals surface area contributed by atoms with Gasteiger partial charge in [0.2, 0.25) is 0 Å². The number of rotatable bonds is 1. The Hall–Kier alpha value is 0.0500. The van der Waals surface area contributed by atoms with Gasteiger partial charge in [-0.15, -0.1) is 0 Å². The summed E-state index contributed by atoms with van der Waals surface area (Å²) < 4.78 is 1.35. The summed E-state index contributed by atoms with van der Waals surface area (Å²) in [4.78, 5) is 0. The monoisotopic (exact) mass is 228 g/mol. The molecule has 0 nitrogen and oxygen atoms in total. The van der Waals surface area contributed by atoms with Gasteiger partial charge < -0.3 is 0 Å². The van der Waals surface area contributed by atoms with Gasteiger partial charge in [0, 0.05) is 9.22 Å². The van der Waals surface area contributed by atoms with Crippen molar-refractivity contribution >= 4 is 28.6 Å². The van der Waals surface area contributed by atoms with Gasteiger partial charge in [0.25, 0.3) is 0 Å². The van der Waals surface area contributed by atoms with Crippen LogP contribution in [0.1, 0.15) is 18.4 Å². The number of benzene rings is 1. The molecule has 11 heavy (non-hydrogen) atoms. The second kappa shape index (κ2) is 2.53. The molecule has 0 unspecified atom stereocenters. The van der Waals surface area contributed by atoms with E-state index in [-0.39, 0.29) is 4.75 Å². The third-order valence-corrected chi connectivity index (χ3v) is 3.34. The lowest BCUT2D eigenvalue weighted by Gasteiger charge is -2.06. The molecule has 0 saturated heterocycles. The van der Waals surface area contributed by atoms with Crippen molar-refractivity contribution in [3.63, 3.8) is 0 Å². The van der Waals surface area contributed by atoms with Crippen molar-refractivity contribution in [2.45, 2.75) is 17.6 Å². The Morgan fingerprint density at radius 3 is 2.18 bits per heavy atom. The van der Waals surface area contributed by atoms with Crippen LogP contribution < -0.4 is 0 Å². The molecular weight excluding hydrogens is 220 g/mol. The lowest BCUT2D eigenvalue weighted by Crippen LogP contribution is -1.94. The largest absolute Gasteiger partial charge is 0.168 e. The van der Waals surface area contributed by atoms with Crippen LogP contribution in [0.2, 0.25) is 0 Å². The molecule has 1 aliphatic rings. The minimum absolute atomic E-state index is 0.209. The van der Waals surface area contributed by atoms with Crippen LogP contribution in [0.15, 0.2) is 28.7 Å². The Morgan fingerprint density at radius 1 is 1.18 bits per heavy atom. The average Bonchev–Trinajstić information content (AvgIpc) is 2.70. The van der Waals surface area contributed by atoms with Crippen LogP contribution in [0.5, 0.6) is 0 Å². The van der Waals surface area contributed by atoms with Crippen molar-refractivity contribution < 1.29 is 0 Å². The van der Waals surface area contributed by atoms with Crippen LogP contribution in [0.3, 0.4) is 0 Å². The number of hydrogen-bond donors (Lipinski definition) is 1. The third kappa shape index (κ3) is 1.47. The Bertz CT molecular complexity index is 261. The zero-order valence-electron chi connectivity index (χ0n) is 6.05. The lowest BCUT2D eigenvalue weighted by atomic mass is 10.1. The maximum absolute atomic E-state index is 4.57. The number of halogens is 1. The van der Waals surface area contributed by atoms with E-state index in [1.165, 1.54) is 18.4 Å². The van der Waals surface area contributed by atoms with E-state index in [1.54, 1.807) is 0 Å². The first-order valence-electron chi connectivity index (χ1n) is 3.69. The first-order valence-corrected chi connectivity index (χ1v) is 4.93. The highest BCUT2D eigenvalue weighted by molar-refractivity contribution is 9.10. The average molecular weight is 229 g/mol. The van der Waals surface area contributed by atoms with E-state index in [0.717, 1.165) is 4.47 Å². The maximum atomic E-state index is 4.57. The van der Waals surface area contributed by atoms with Gasteiger partial charge in [-0.2, -0.15) is 12.6 Å². The van der Waals surface area contributed by atoms with Crippen molar-refractivity contribution in [1.82, 2.24) is 0 Å². The van der Waals surface area contributed by atoms with Crippen molar-refractivity contribution in [2.24, 2.45) is 0 Å². The minimum Gasteiger partial charge on any atom is -0.168 e. The topological polar surface area (TPSA) is 0 Å². The van der Waals surface area contributed by atoms with Crippen LogP contribution >= 0.6 is 28.6 Å². The predicted molar refractivity (Wildman–Crippen MR) is 54.0 cm³/mol. The number of thiol groups is 1. The normalized spacial score (nSPS) is 19.8. The third-order valence-electron chi connectivity index (χ3n) is 2.11. The zero-order chi connectivity index (χ0) is 7.90. The summed E-state index contributed by atoms with van der Waals surface area (Å²) in [5.41, 5.74) is 1.35. The van der Waals surface area contributed by atoms with Gasteiger partial charge in [0.05, 0.1) is 0 Å². The molecule has 1 aromatic carbocycles. The molecule has 1 aromatic rings.